The molecule has 4 aromatic rings. The normalized spacial score (nSPS) is 17.3. The summed E-state index contributed by atoms with van der Waals surface area (Å²) in [6, 6.07) is 18.1. The van der Waals surface area contributed by atoms with Crippen LogP contribution in [0, 0.1) is 12.7 Å². The molecule has 216 valence electrons. The number of carbonyl (C=O) groups is 3. The number of rotatable bonds is 5. The first kappa shape index (κ1) is 28.2. The van der Waals surface area contributed by atoms with Gasteiger partial charge in [0.25, 0.3) is 0 Å². The Bertz CT molecular complexity index is 1630. The lowest BCUT2D eigenvalue weighted by Gasteiger charge is -2.35. The number of para-hydroxylation sites is 1. The molecule has 6 rings (SSSR count). The zero-order valence-electron chi connectivity index (χ0n) is 23.3. The van der Waals surface area contributed by atoms with Crippen LogP contribution >= 0.6 is 23.1 Å². The number of benzene rings is 2. The molecule has 4 heterocycles. The number of aromatic nitrogens is 2. The van der Waals surface area contributed by atoms with Crippen LogP contribution in [0.4, 0.5) is 10.2 Å². The average Bonchev–Trinajstić information content (AvgIpc) is 3.63. The van der Waals surface area contributed by atoms with Crippen LogP contribution in [0.3, 0.4) is 0 Å². The fourth-order valence-electron chi connectivity index (χ4n) is 5.49. The van der Waals surface area contributed by atoms with Crippen molar-refractivity contribution in [1.29, 1.82) is 0 Å². The van der Waals surface area contributed by atoms with Crippen LogP contribution < -0.4 is 4.90 Å². The van der Waals surface area contributed by atoms with Crippen molar-refractivity contribution in [1.82, 2.24) is 19.6 Å². The topological polar surface area (TPSA) is 78.8 Å². The number of nitrogens with zero attached hydrogens (tertiary/aromatic N) is 5. The number of thioether (sulfide) groups is 1. The number of fused-ring (bicyclic) bond motifs is 1. The van der Waals surface area contributed by atoms with E-state index in [-0.39, 0.29) is 41.1 Å². The number of hydrogen-bond acceptors (Lipinski definition) is 6. The Morgan fingerprint density at radius 3 is 2.36 bits per heavy atom. The highest BCUT2D eigenvalue weighted by Crippen LogP contribution is 2.49. The van der Waals surface area contributed by atoms with Gasteiger partial charge in [0.1, 0.15) is 23.9 Å². The third-order valence-electron chi connectivity index (χ3n) is 7.73. The summed E-state index contributed by atoms with van der Waals surface area (Å²) < 4.78 is 15.8. The zero-order chi connectivity index (χ0) is 29.4. The van der Waals surface area contributed by atoms with Crippen LogP contribution in [0.5, 0.6) is 0 Å². The Hall–Kier alpha value is -3.96. The summed E-state index contributed by atoms with van der Waals surface area (Å²) in [5.41, 5.74) is 4.17. The molecule has 2 aliphatic rings. The molecule has 0 saturated carbocycles. The standard InChI is InChI=1S/C31H30FN5O3S2/c1-20-6-3-4-7-24(20)37-31-28(29(33-37)25-8-5-17-41-25)30(22-9-11-23(32)12-10-22)42-19-27(40)36(31)18-26(39)35-15-13-34(14-16-35)21(2)38/h3-12,17,30H,13-16,18-19H2,1-2H3/t30-/m0/s1. The fraction of sp³-hybridized carbons (Fsp3) is 0.290. The van der Waals surface area contributed by atoms with Gasteiger partial charge in [-0.2, -0.15) is 5.10 Å². The van der Waals surface area contributed by atoms with E-state index in [4.69, 9.17) is 5.10 Å². The highest BCUT2D eigenvalue weighted by molar-refractivity contribution is 8.00. The lowest BCUT2D eigenvalue weighted by molar-refractivity contribution is -0.137. The Morgan fingerprint density at radius 2 is 1.69 bits per heavy atom. The molecule has 42 heavy (non-hydrogen) atoms. The molecule has 0 radical (unpaired) electrons. The van der Waals surface area contributed by atoms with Gasteiger partial charge >= 0.3 is 0 Å². The molecule has 0 N–H and O–H groups in total. The number of halogens is 1. The summed E-state index contributed by atoms with van der Waals surface area (Å²) in [6.45, 7) is 5.13. The number of aryl methyl sites for hydroxylation is 1. The van der Waals surface area contributed by atoms with E-state index in [9.17, 15) is 18.8 Å². The number of thiophene rings is 1. The van der Waals surface area contributed by atoms with Crippen molar-refractivity contribution in [3.8, 4) is 16.3 Å². The van der Waals surface area contributed by atoms with Gasteiger partial charge < -0.3 is 9.80 Å². The van der Waals surface area contributed by atoms with Crippen molar-refractivity contribution < 1.29 is 18.8 Å². The fourth-order valence-corrected chi connectivity index (χ4v) is 7.41. The third kappa shape index (κ3) is 5.34. The number of carbonyl (C=O) groups excluding carboxylic acids is 3. The number of hydrogen-bond donors (Lipinski definition) is 0. The van der Waals surface area contributed by atoms with E-state index in [1.807, 2.05) is 48.7 Å². The van der Waals surface area contributed by atoms with Gasteiger partial charge in [-0.05, 0) is 47.7 Å². The van der Waals surface area contributed by atoms with E-state index in [0.717, 1.165) is 32.9 Å². The largest absolute Gasteiger partial charge is 0.339 e. The second-order valence-electron chi connectivity index (χ2n) is 10.4. The van der Waals surface area contributed by atoms with E-state index >= 15 is 0 Å². The molecular formula is C31H30FN5O3S2. The molecule has 0 aliphatic carbocycles. The summed E-state index contributed by atoms with van der Waals surface area (Å²) in [4.78, 5) is 45.4. The van der Waals surface area contributed by atoms with Crippen molar-refractivity contribution in [2.45, 2.75) is 19.1 Å². The number of piperazine rings is 1. The maximum atomic E-state index is 14.0. The van der Waals surface area contributed by atoms with Crippen LogP contribution in [0.2, 0.25) is 0 Å². The first-order valence-electron chi connectivity index (χ1n) is 13.8. The van der Waals surface area contributed by atoms with Gasteiger partial charge in [-0.15, -0.1) is 23.1 Å². The first-order chi connectivity index (χ1) is 20.3. The van der Waals surface area contributed by atoms with E-state index in [1.165, 1.54) is 30.8 Å². The molecule has 0 spiro atoms. The Labute approximate surface area is 251 Å². The first-order valence-corrected chi connectivity index (χ1v) is 15.7. The molecule has 2 aromatic carbocycles. The van der Waals surface area contributed by atoms with Crippen molar-refractivity contribution in [3.63, 3.8) is 0 Å². The minimum absolute atomic E-state index is 0.0125. The average molecular weight is 604 g/mol. The molecular weight excluding hydrogens is 574 g/mol. The van der Waals surface area contributed by atoms with Crippen molar-refractivity contribution in [2.75, 3.05) is 43.4 Å². The minimum Gasteiger partial charge on any atom is -0.339 e. The summed E-state index contributed by atoms with van der Waals surface area (Å²) >= 11 is 3.01. The van der Waals surface area contributed by atoms with E-state index in [1.54, 1.807) is 42.9 Å². The predicted molar refractivity (Wildman–Crippen MR) is 164 cm³/mol. The van der Waals surface area contributed by atoms with Crippen LogP contribution in [-0.4, -0.2) is 75.8 Å². The predicted octanol–water partition coefficient (Wildman–Crippen LogP) is 4.91. The summed E-state index contributed by atoms with van der Waals surface area (Å²) in [5, 5.41) is 6.77. The molecule has 1 fully saturated rings. The lowest BCUT2D eigenvalue weighted by Crippen LogP contribution is -2.53. The summed E-state index contributed by atoms with van der Waals surface area (Å²) in [5.74, 6) is -0.0409. The lowest BCUT2D eigenvalue weighted by atomic mass is 10.0. The van der Waals surface area contributed by atoms with Crippen LogP contribution in [0.15, 0.2) is 66.0 Å². The van der Waals surface area contributed by atoms with Gasteiger partial charge in [-0.25, -0.2) is 9.07 Å². The van der Waals surface area contributed by atoms with Gasteiger partial charge in [0.05, 0.1) is 21.6 Å². The quantitative estimate of drug-likeness (QED) is 0.324. The maximum Gasteiger partial charge on any atom is 0.242 e. The summed E-state index contributed by atoms with van der Waals surface area (Å²) in [6.07, 6.45) is 0. The molecule has 11 heteroatoms. The summed E-state index contributed by atoms with van der Waals surface area (Å²) in [7, 11) is 0. The van der Waals surface area contributed by atoms with E-state index in [0.29, 0.717) is 32.0 Å². The van der Waals surface area contributed by atoms with E-state index < -0.39 is 0 Å². The molecule has 2 aromatic heterocycles. The van der Waals surface area contributed by atoms with Crippen LogP contribution in [0.1, 0.15) is 28.9 Å². The van der Waals surface area contributed by atoms with Crippen LogP contribution in [0.25, 0.3) is 16.3 Å². The Morgan fingerprint density at radius 1 is 0.976 bits per heavy atom. The van der Waals surface area contributed by atoms with Gasteiger partial charge in [0, 0.05) is 38.7 Å². The Balaban J connectivity index is 1.50. The van der Waals surface area contributed by atoms with Crippen molar-refractivity contribution in [3.05, 3.63) is 88.6 Å². The van der Waals surface area contributed by atoms with Crippen LogP contribution in [-0.2, 0) is 14.4 Å². The van der Waals surface area contributed by atoms with Gasteiger partial charge in [-0.3, -0.25) is 19.3 Å². The molecule has 2 aliphatic heterocycles. The van der Waals surface area contributed by atoms with E-state index in [2.05, 4.69) is 0 Å². The molecule has 0 bridgehead atoms. The molecule has 0 unspecified atom stereocenters. The second kappa shape index (κ2) is 11.7. The minimum atomic E-state index is -0.333. The maximum absolute atomic E-state index is 14.0. The highest BCUT2D eigenvalue weighted by atomic mass is 32.2. The van der Waals surface area contributed by atoms with Gasteiger partial charge in [-0.1, -0.05) is 36.4 Å². The SMILES string of the molecule is CC(=O)N1CCN(C(=O)CN2C(=O)CS[C@@H](c3ccc(F)cc3)c3c(-c4cccs4)nn(-c4ccccc4C)c32)CC1. The van der Waals surface area contributed by atoms with Gasteiger partial charge in [0.2, 0.25) is 17.7 Å². The second-order valence-corrected chi connectivity index (χ2v) is 12.4. The number of anilines is 1. The van der Waals surface area contributed by atoms with Crippen molar-refractivity contribution >= 4 is 46.6 Å². The van der Waals surface area contributed by atoms with Crippen molar-refractivity contribution in [2.24, 2.45) is 0 Å². The molecule has 1 atom stereocenters. The monoisotopic (exact) mass is 603 g/mol. The van der Waals surface area contributed by atoms with Gasteiger partial charge in [0.15, 0.2) is 0 Å². The molecule has 1 saturated heterocycles. The Kier molecular flexibility index (Phi) is 7.87. The third-order valence-corrected chi connectivity index (χ3v) is 9.86. The highest BCUT2D eigenvalue weighted by Gasteiger charge is 2.39. The smallest absolute Gasteiger partial charge is 0.242 e. The number of amides is 3. The molecule has 3 amide bonds. The molecule has 8 nitrogen and oxygen atoms in total. The zero-order valence-corrected chi connectivity index (χ0v) is 25.0.